The molecule has 11 heteroatoms. The van der Waals surface area contributed by atoms with E-state index in [1.807, 2.05) is 24.3 Å². The first-order chi connectivity index (χ1) is 14.7. The fraction of sp³-hybridized carbons (Fsp3) is 0.158. The minimum Gasteiger partial charge on any atom is -0.497 e. The zero-order valence-corrected chi connectivity index (χ0v) is 16.5. The number of nitrogens with one attached hydrogen (secondary N) is 1. The predicted octanol–water partition coefficient (Wildman–Crippen LogP) is 1.60. The number of hydrazine groups is 1. The van der Waals surface area contributed by atoms with Crippen LogP contribution in [-0.2, 0) is 4.79 Å². The average Bonchev–Trinajstić information content (AvgIpc) is 3.41. The molecule has 0 radical (unpaired) electrons. The lowest BCUT2D eigenvalue weighted by atomic mass is 10.1. The van der Waals surface area contributed by atoms with Gasteiger partial charge in [0.25, 0.3) is 11.8 Å². The van der Waals surface area contributed by atoms with Crippen molar-refractivity contribution in [3.05, 3.63) is 59.9 Å². The number of carbonyl (C=O) groups is 2. The van der Waals surface area contributed by atoms with Crippen LogP contribution in [0.2, 0.25) is 0 Å². The minimum atomic E-state index is -0.469. The Morgan fingerprint density at radius 2 is 2.07 bits per heavy atom. The number of rotatable bonds is 4. The van der Waals surface area contributed by atoms with E-state index in [1.165, 1.54) is 29.2 Å². The molecule has 1 unspecified atom stereocenters. The maximum Gasteiger partial charge on any atom is 0.270 e. The summed E-state index contributed by atoms with van der Waals surface area (Å²) in [4.78, 5) is 29.1. The van der Waals surface area contributed by atoms with Gasteiger partial charge in [0.1, 0.15) is 11.1 Å². The molecule has 4 aromatic rings. The molecule has 1 aliphatic rings. The van der Waals surface area contributed by atoms with Gasteiger partial charge in [-0.15, -0.1) is 16.9 Å². The number of ether oxygens (including phenoxy) is 1. The Kier molecular flexibility index (Phi) is 4.43. The first-order valence-electron chi connectivity index (χ1n) is 8.99. The van der Waals surface area contributed by atoms with Gasteiger partial charge < -0.3 is 4.74 Å². The van der Waals surface area contributed by atoms with Crippen molar-refractivity contribution in [3.8, 4) is 5.75 Å². The summed E-state index contributed by atoms with van der Waals surface area (Å²) in [7, 11) is 1.59. The highest BCUT2D eigenvalue weighted by atomic mass is 32.2. The fourth-order valence-corrected chi connectivity index (χ4v) is 4.46. The van der Waals surface area contributed by atoms with Crippen LogP contribution in [0.4, 0.5) is 0 Å². The van der Waals surface area contributed by atoms with E-state index in [0.717, 1.165) is 16.5 Å². The highest BCUT2D eigenvalue weighted by molar-refractivity contribution is 8.00. The SMILES string of the molecule is COc1ccc2cc(C3SCC(=O)N3NC(=O)c3ccncc3)c3nnnn3c2c1. The zero-order chi connectivity index (χ0) is 20.7. The lowest BCUT2D eigenvalue weighted by molar-refractivity contribution is -0.130. The molecule has 1 fully saturated rings. The van der Waals surface area contributed by atoms with Crippen LogP contribution in [0.25, 0.3) is 16.6 Å². The molecule has 0 aliphatic carbocycles. The van der Waals surface area contributed by atoms with Crippen LogP contribution in [0.1, 0.15) is 21.3 Å². The van der Waals surface area contributed by atoms with Crippen molar-refractivity contribution in [2.45, 2.75) is 5.37 Å². The number of aromatic nitrogens is 5. The third-order valence-electron chi connectivity index (χ3n) is 4.80. The van der Waals surface area contributed by atoms with Crippen LogP contribution in [0.5, 0.6) is 5.75 Å². The van der Waals surface area contributed by atoms with E-state index in [-0.39, 0.29) is 17.6 Å². The third kappa shape index (κ3) is 2.99. The number of carbonyl (C=O) groups excluding carboxylic acids is 2. The Bertz CT molecular complexity index is 1280. The van der Waals surface area contributed by atoms with Gasteiger partial charge in [-0.1, -0.05) is 0 Å². The highest BCUT2D eigenvalue weighted by Gasteiger charge is 2.36. The van der Waals surface area contributed by atoms with Crippen LogP contribution in [0, 0.1) is 0 Å². The molecule has 3 aromatic heterocycles. The quantitative estimate of drug-likeness (QED) is 0.528. The monoisotopic (exact) mass is 421 g/mol. The molecule has 10 nitrogen and oxygen atoms in total. The largest absolute Gasteiger partial charge is 0.497 e. The molecule has 0 saturated carbocycles. The van der Waals surface area contributed by atoms with Crippen molar-refractivity contribution in [1.82, 2.24) is 35.5 Å². The molecule has 150 valence electrons. The summed E-state index contributed by atoms with van der Waals surface area (Å²) in [5.74, 6) is 0.325. The number of fused-ring (bicyclic) bond motifs is 3. The molecule has 0 bridgehead atoms. The Morgan fingerprint density at radius 3 is 2.87 bits per heavy atom. The number of hydrogen-bond acceptors (Lipinski definition) is 8. The number of benzene rings is 1. The summed E-state index contributed by atoms with van der Waals surface area (Å²) in [6.07, 6.45) is 3.05. The molecular weight excluding hydrogens is 406 g/mol. The number of hydrogen-bond donors (Lipinski definition) is 1. The van der Waals surface area contributed by atoms with E-state index >= 15 is 0 Å². The van der Waals surface area contributed by atoms with E-state index in [0.29, 0.717) is 17.0 Å². The summed E-state index contributed by atoms with van der Waals surface area (Å²) in [5, 5.41) is 13.8. The molecule has 1 atom stereocenters. The van der Waals surface area contributed by atoms with Gasteiger partial charge in [-0.3, -0.25) is 20.0 Å². The molecule has 5 rings (SSSR count). The highest BCUT2D eigenvalue weighted by Crippen LogP contribution is 2.40. The Hall–Kier alpha value is -3.73. The van der Waals surface area contributed by atoms with Crippen LogP contribution >= 0.6 is 11.8 Å². The summed E-state index contributed by atoms with van der Waals surface area (Å²) < 4.78 is 6.91. The normalized spacial score (nSPS) is 16.4. The van der Waals surface area contributed by atoms with E-state index in [4.69, 9.17) is 4.74 Å². The number of nitrogens with zero attached hydrogens (tertiary/aromatic N) is 6. The van der Waals surface area contributed by atoms with Gasteiger partial charge in [0.05, 0.1) is 18.4 Å². The molecule has 1 aromatic carbocycles. The summed E-state index contributed by atoms with van der Waals surface area (Å²) >= 11 is 1.40. The van der Waals surface area contributed by atoms with Crippen molar-refractivity contribution in [1.29, 1.82) is 0 Å². The van der Waals surface area contributed by atoms with Crippen LogP contribution < -0.4 is 10.2 Å². The fourth-order valence-electron chi connectivity index (χ4n) is 3.35. The van der Waals surface area contributed by atoms with Gasteiger partial charge in [-0.05, 0) is 40.8 Å². The van der Waals surface area contributed by atoms with Crippen LogP contribution in [-0.4, -0.2) is 54.7 Å². The van der Waals surface area contributed by atoms with Crippen molar-refractivity contribution in [2.24, 2.45) is 0 Å². The smallest absolute Gasteiger partial charge is 0.270 e. The predicted molar refractivity (Wildman–Crippen MR) is 109 cm³/mol. The van der Waals surface area contributed by atoms with Crippen LogP contribution in [0.15, 0.2) is 48.8 Å². The van der Waals surface area contributed by atoms with Gasteiger partial charge in [-0.2, -0.15) is 4.52 Å². The van der Waals surface area contributed by atoms with Crippen LogP contribution in [0.3, 0.4) is 0 Å². The van der Waals surface area contributed by atoms with Crippen molar-refractivity contribution < 1.29 is 14.3 Å². The van der Waals surface area contributed by atoms with Gasteiger partial charge in [-0.25, -0.2) is 5.01 Å². The second kappa shape index (κ2) is 7.26. The summed E-state index contributed by atoms with van der Waals surface area (Å²) in [6.45, 7) is 0. The number of methoxy groups -OCH3 is 1. The first kappa shape index (κ1) is 18.3. The second-order valence-corrected chi connectivity index (χ2v) is 7.61. The van der Waals surface area contributed by atoms with E-state index in [2.05, 4.69) is 25.9 Å². The van der Waals surface area contributed by atoms with Gasteiger partial charge >= 0.3 is 0 Å². The first-order valence-corrected chi connectivity index (χ1v) is 10.0. The average molecular weight is 421 g/mol. The molecular formula is C19H15N7O3S. The molecule has 1 saturated heterocycles. The molecule has 4 heterocycles. The van der Waals surface area contributed by atoms with Crippen molar-refractivity contribution in [2.75, 3.05) is 12.9 Å². The lowest BCUT2D eigenvalue weighted by Gasteiger charge is -2.25. The third-order valence-corrected chi connectivity index (χ3v) is 6.00. The maximum absolute atomic E-state index is 12.6. The van der Waals surface area contributed by atoms with E-state index < -0.39 is 5.37 Å². The Balaban J connectivity index is 1.57. The summed E-state index contributed by atoms with van der Waals surface area (Å²) in [5.41, 5.74) is 5.13. The standard InChI is InChI=1S/C19H15N7O3S/c1-29-13-3-2-12-8-14(17-21-23-24-25(17)15(12)9-13)19-26(16(27)10-30-19)22-18(28)11-4-6-20-7-5-11/h2-9,19H,10H2,1H3,(H,22,28). The Labute approximate surface area is 174 Å². The van der Waals surface area contributed by atoms with E-state index in [1.54, 1.807) is 23.8 Å². The molecule has 1 N–H and O–H groups in total. The lowest BCUT2D eigenvalue weighted by Crippen LogP contribution is -2.44. The van der Waals surface area contributed by atoms with Gasteiger partial charge in [0, 0.05) is 35.0 Å². The molecule has 30 heavy (non-hydrogen) atoms. The molecule has 1 aliphatic heterocycles. The van der Waals surface area contributed by atoms with E-state index in [9.17, 15) is 9.59 Å². The molecule has 0 spiro atoms. The van der Waals surface area contributed by atoms with Crippen molar-refractivity contribution >= 4 is 40.1 Å². The number of amides is 2. The Morgan fingerprint density at radius 1 is 1.23 bits per heavy atom. The van der Waals surface area contributed by atoms with Crippen molar-refractivity contribution in [3.63, 3.8) is 0 Å². The minimum absolute atomic E-state index is 0.201. The van der Waals surface area contributed by atoms with Gasteiger partial charge in [0.2, 0.25) is 0 Å². The number of thioether (sulfide) groups is 1. The zero-order valence-electron chi connectivity index (χ0n) is 15.7. The number of pyridine rings is 2. The second-order valence-electron chi connectivity index (χ2n) is 6.54. The molecule has 2 amide bonds. The van der Waals surface area contributed by atoms with Gasteiger partial charge in [0.15, 0.2) is 5.65 Å². The topological polar surface area (TPSA) is 115 Å². The number of tetrazole rings is 1. The summed E-state index contributed by atoms with van der Waals surface area (Å²) in [6, 6.07) is 10.7. The maximum atomic E-state index is 12.6.